The van der Waals surface area contributed by atoms with Gasteiger partial charge in [0, 0.05) is 52.2 Å². The molecule has 2 aliphatic heterocycles. The molecule has 0 aliphatic carbocycles. The summed E-state index contributed by atoms with van der Waals surface area (Å²) in [6, 6.07) is 2.40. The van der Waals surface area contributed by atoms with E-state index in [1.807, 2.05) is 25.0 Å². The third kappa shape index (κ3) is 2.37. The van der Waals surface area contributed by atoms with Crippen molar-refractivity contribution >= 4 is 28.6 Å². The van der Waals surface area contributed by atoms with Gasteiger partial charge in [-0.05, 0) is 13.0 Å². The van der Waals surface area contributed by atoms with Crippen molar-refractivity contribution in [2.45, 2.75) is 13.0 Å². The maximum absolute atomic E-state index is 12.2. The van der Waals surface area contributed by atoms with Crippen molar-refractivity contribution in [2.24, 2.45) is 7.05 Å². The number of hydrogen-bond donors (Lipinski definition) is 0. The van der Waals surface area contributed by atoms with E-state index in [9.17, 15) is 4.79 Å². The number of fused-ring (bicyclic) bond motifs is 1. The van der Waals surface area contributed by atoms with Crippen LogP contribution >= 0.6 is 0 Å². The van der Waals surface area contributed by atoms with Crippen LogP contribution in [0.4, 0.5) is 16.3 Å². The molecule has 0 aromatic carbocycles. The smallest absolute Gasteiger partial charge is 0.324 e. The Morgan fingerprint density at radius 2 is 1.96 bits per heavy atom. The summed E-state index contributed by atoms with van der Waals surface area (Å²) in [7, 11) is 3.87. The Morgan fingerprint density at radius 3 is 2.70 bits per heavy atom. The summed E-state index contributed by atoms with van der Waals surface area (Å²) in [5.74, 6) is 0.968. The molecule has 27 heavy (non-hydrogen) atoms. The summed E-state index contributed by atoms with van der Waals surface area (Å²) in [4.78, 5) is 26.8. The Hall–Kier alpha value is -3.10. The summed E-state index contributed by atoms with van der Waals surface area (Å²) in [6.07, 6.45) is 5.39. The van der Waals surface area contributed by atoms with Crippen LogP contribution in [0.3, 0.4) is 0 Å². The monoisotopic (exact) mass is 366 g/mol. The maximum atomic E-state index is 12.2. The van der Waals surface area contributed by atoms with Crippen LogP contribution in [-0.4, -0.2) is 68.5 Å². The largest absolute Gasteiger partial charge is 0.350 e. The van der Waals surface area contributed by atoms with E-state index >= 15 is 0 Å². The number of urea groups is 1. The summed E-state index contributed by atoms with van der Waals surface area (Å²) in [6.45, 7) is 5.22. The van der Waals surface area contributed by atoms with Gasteiger partial charge >= 0.3 is 6.03 Å². The molecular formula is C18H22N8O. The zero-order valence-electron chi connectivity index (χ0n) is 15.7. The van der Waals surface area contributed by atoms with E-state index in [0.717, 1.165) is 42.2 Å². The SMILES string of the molecule is Cc1cc2ncnc(N3CC(n4cc(N5CCN(C)C5=O)cn4)C3)c2n1C. The number of amides is 2. The van der Waals surface area contributed by atoms with Crippen molar-refractivity contribution in [2.75, 3.05) is 43.0 Å². The standard InChI is InChI=1S/C18H22N8O/c1-12-6-15-16(23(12)3)17(20-11-19-15)24-8-14(9-24)26-10-13(7-21-26)25-5-4-22(2)18(25)27/h6-7,10-11,14H,4-5,8-9H2,1-3H3. The van der Waals surface area contributed by atoms with Crippen LogP contribution < -0.4 is 9.80 Å². The molecule has 0 saturated carbocycles. The van der Waals surface area contributed by atoms with E-state index < -0.39 is 0 Å². The van der Waals surface area contributed by atoms with Gasteiger partial charge in [-0.25, -0.2) is 14.8 Å². The summed E-state index contributed by atoms with van der Waals surface area (Å²) in [5.41, 5.74) is 4.08. The molecule has 0 radical (unpaired) electrons. The topological polar surface area (TPSA) is 75.3 Å². The van der Waals surface area contributed by atoms with Crippen molar-refractivity contribution in [3.05, 3.63) is 30.5 Å². The molecule has 0 spiro atoms. The molecule has 9 nitrogen and oxygen atoms in total. The summed E-state index contributed by atoms with van der Waals surface area (Å²) in [5, 5.41) is 4.49. The molecule has 3 aromatic rings. The second-order valence-corrected chi connectivity index (χ2v) is 7.37. The molecule has 0 N–H and O–H groups in total. The van der Waals surface area contributed by atoms with Crippen LogP contribution in [0.15, 0.2) is 24.8 Å². The fourth-order valence-corrected chi connectivity index (χ4v) is 3.86. The minimum atomic E-state index is 0.0345. The van der Waals surface area contributed by atoms with Crippen LogP contribution in [0, 0.1) is 6.92 Å². The highest BCUT2D eigenvalue weighted by Crippen LogP contribution is 2.32. The number of aromatic nitrogens is 5. The predicted octanol–water partition coefficient (Wildman–Crippen LogP) is 1.41. The van der Waals surface area contributed by atoms with Gasteiger partial charge < -0.3 is 14.4 Å². The van der Waals surface area contributed by atoms with Gasteiger partial charge in [0.15, 0.2) is 5.82 Å². The van der Waals surface area contributed by atoms with Crippen LogP contribution in [0.1, 0.15) is 11.7 Å². The second-order valence-electron chi connectivity index (χ2n) is 7.37. The number of hydrogen-bond acceptors (Lipinski definition) is 5. The lowest BCUT2D eigenvalue weighted by Gasteiger charge is -2.40. The van der Waals surface area contributed by atoms with Gasteiger partial charge in [-0.15, -0.1) is 0 Å². The average Bonchev–Trinajstić information content (AvgIpc) is 3.28. The minimum Gasteiger partial charge on any atom is -0.350 e. The molecule has 0 bridgehead atoms. The second kappa shape index (κ2) is 5.70. The van der Waals surface area contributed by atoms with Crippen molar-refractivity contribution in [3.8, 4) is 0 Å². The molecule has 2 aliphatic rings. The number of carbonyl (C=O) groups is 1. The number of anilines is 2. The number of carbonyl (C=O) groups excluding carboxylic acids is 1. The first kappa shape index (κ1) is 16.1. The third-order valence-electron chi connectivity index (χ3n) is 5.69. The first-order valence-electron chi connectivity index (χ1n) is 9.11. The van der Waals surface area contributed by atoms with Crippen LogP contribution in [0.25, 0.3) is 11.0 Å². The number of likely N-dealkylation sites (N-methyl/N-ethyl adjacent to an activating group) is 1. The predicted molar refractivity (Wildman–Crippen MR) is 102 cm³/mol. The van der Waals surface area contributed by atoms with Gasteiger partial charge in [-0.2, -0.15) is 5.10 Å². The Kier molecular flexibility index (Phi) is 3.40. The summed E-state index contributed by atoms with van der Waals surface area (Å²) < 4.78 is 4.10. The van der Waals surface area contributed by atoms with Gasteiger partial charge in [0.2, 0.25) is 0 Å². The molecule has 9 heteroatoms. The lowest BCUT2D eigenvalue weighted by Crippen LogP contribution is -2.48. The highest BCUT2D eigenvalue weighted by Gasteiger charge is 2.33. The van der Waals surface area contributed by atoms with Crippen LogP contribution in [0.2, 0.25) is 0 Å². The van der Waals surface area contributed by atoms with E-state index in [0.29, 0.717) is 6.54 Å². The van der Waals surface area contributed by atoms with Gasteiger partial charge in [0.25, 0.3) is 0 Å². The fourth-order valence-electron chi connectivity index (χ4n) is 3.86. The number of rotatable bonds is 3. The van der Waals surface area contributed by atoms with E-state index in [-0.39, 0.29) is 12.1 Å². The molecule has 5 heterocycles. The van der Waals surface area contributed by atoms with Crippen molar-refractivity contribution in [1.82, 2.24) is 29.2 Å². The Labute approximate surface area is 156 Å². The molecular weight excluding hydrogens is 344 g/mol. The highest BCUT2D eigenvalue weighted by molar-refractivity contribution is 5.93. The first-order chi connectivity index (χ1) is 13.0. The maximum Gasteiger partial charge on any atom is 0.324 e. The Balaban J connectivity index is 1.34. The Bertz CT molecular complexity index is 1030. The number of aryl methyl sites for hydroxylation is 2. The van der Waals surface area contributed by atoms with Gasteiger partial charge in [-0.3, -0.25) is 9.58 Å². The van der Waals surface area contributed by atoms with Gasteiger partial charge in [0.1, 0.15) is 11.8 Å². The van der Waals surface area contributed by atoms with Crippen LogP contribution in [0.5, 0.6) is 0 Å². The van der Waals surface area contributed by atoms with Crippen molar-refractivity contribution < 1.29 is 4.79 Å². The lowest BCUT2D eigenvalue weighted by atomic mass is 10.1. The first-order valence-corrected chi connectivity index (χ1v) is 9.11. The fraction of sp³-hybridized carbons (Fsp3) is 0.444. The quantitative estimate of drug-likeness (QED) is 0.701. The van der Waals surface area contributed by atoms with E-state index in [1.54, 1.807) is 22.3 Å². The summed E-state index contributed by atoms with van der Waals surface area (Å²) >= 11 is 0. The van der Waals surface area contributed by atoms with Crippen molar-refractivity contribution in [1.29, 1.82) is 0 Å². The third-order valence-corrected chi connectivity index (χ3v) is 5.69. The molecule has 140 valence electrons. The molecule has 2 amide bonds. The normalized spacial score (nSPS) is 18.0. The molecule has 3 aromatic heterocycles. The average molecular weight is 366 g/mol. The van der Waals surface area contributed by atoms with E-state index in [2.05, 4.69) is 37.5 Å². The van der Waals surface area contributed by atoms with Crippen LogP contribution in [-0.2, 0) is 7.05 Å². The molecule has 2 fully saturated rings. The van der Waals surface area contributed by atoms with E-state index in [4.69, 9.17) is 0 Å². The van der Waals surface area contributed by atoms with Gasteiger partial charge in [0.05, 0.1) is 23.4 Å². The number of nitrogens with zero attached hydrogens (tertiary/aromatic N) is 8. The highest BCUT2D eigenvalue weighted by atomic mass is 16.2. The van der Waals surface area contributed by atoms with E-state index in [1.165, 1.54) is 5.69 Å². The van der Waals surface area contributed by atoms with Gasteiger partial charge in [-0.1, -0.05) is 0 Å². The zero-order chi connectivity index (χ0) is 18.7. The minimum absolute atomic E-state index is 0.0345. The molecule has 0 atom stereocenters. The zero-order valence-corrected chi connectivity index (χ0v) is 15.7. The molecule has 0 unspecified atom stereocenters. The Morgan fingerprint density at radius 1 is 1.15 bits per heavy atom. The lowest BCUT2D eigenvalue weighted by molar-refractivity contribution is 0.229. The van der Waals surface area contributed by atoms with Crippen molar-refractivity contribution in [3.63, 3.8) is 0 Å². The molecule has 2 saturated heterocycles. The molecule has 5 rings (SSSR count).